The average Bonchev–Trinajstić information content (AvgIpc) is 3.54. The summed E-state index contributed by atoms with van der Waals surface area (Å²) >= 11 is 0. The van der Waals surface area contributed by atoms with Gasteiger partial charge in [-0.3, -0.25) is 9.59 Å². The number of benzene rings is 3. The highest BCUT2D eigenvalue weighted by atomic mass is 16.5. The lowest BCUT2D eigenvalue weighted by Crippen LogP contribution is -2.29. The molecule has 0 bridgehead atoms. The Morgan fingerprint density at radius 3 is 2.45 bits per heavy atom. The second-order valence-corrected chi connectivity index (χ2v) is 9.09. The monoisotopic (exact) mass is 509 g/mol. The second kappa shape index (κ2) is 10.7. The molecule has 0 spiro atoms. The van der Waals surface area contributed by atoms with Gasteiger partial charge in [0.15, 0.2) is 0 Å². The van der Waals surface area contributed by atoms with E-state index in [-0.39, 0.29) is 17.9 Å². The summed E-state index contributed by atoms with van der Waals surface area (Å²) < 4.78 is 16.7. The molecule has 1 unspecified atom stereocenters. The molecule has 7 heteroatoms. The number of Topliss-reactive ketones (excluding diaryl/α,β-unsaturated/α-hetero) is 1. The van der Waals surface area contributed by atoms with E-state index in [1.54, 1.807) is 67.8 Å². The van der Waals surface area contributed by atoms with Crippen LogP contribution in [-0.4, -0.2) is 28.8 Å². The van der Waals surface area contributed by atoms with Crippen LogP contribution in [0.4, 0.5) is 0 Å². The van der Waals surface area contributed by atoms with Gasteiger partial charge in [-0.25, -0.2) is 0 Å². The van der Waals surface area contributed by atoms with E-state index in [2.05, 4.69) is 6.07 Å². The zero-order chi connectivity index (χ0) is 26.6. The number of methoxy groups -OCH3 is 1. The van der Waals surface area contributed by atoms with Gasteiger partial charge in [-0.2, -0.15) is 0 Å². The number of aryl methyl sites for hydroxylation is 1. The number of amides is 1. The summed E-state index contributed by atoms with van der Waals surface area (Å²) in [6.45, 7) is 2.50. The fourth-order valence-corrected chi connectivity index (χ4v) is 4.60. The van der Waals surface area contributed by atoms with Gasteiger partial charge in [0.1, 0.15) is 29.6 Å². The Balaban J connectivity index is 1.48. The largest absolute Gasteiger partial charge is 0.507 e. The van der Waals surface area contributed by atoms with E-state index in [0.717, 1.165) is 11.1 Å². The standard InChI is InChI=1S/C31H27NO6/c1-20-6-3-7-21(16-20)19-38-24-13-11-22(12-14-24)29(33)27-28(23-8-4-9-25(17-23)36-2)32(31(35)30(27)34)18-26-10-5-15-37-26/h3-17,28,33H,18-19H2,1-2H3/b29-27-. The molecule has 1 aliphatic heterocycles. The molecule has 5 rings (SSSR count). The second-order valence-electron chi connectivity index (χ2n) is 9.09. The zero-order valence-corrected chi connectivity index (χ0v) is 21.1. The molecule has 1 aliphatic rings. The van der Waals surface area contributed by atoms with E-state index in [4.69, 9.17) is 13.9 Å². The minimum Gasteiger partial charge on any atom is -0.507 e. The van der Waals surface area contributed by atoms with E-state index in [1.165, 1.54) is 11.2 Å². The molecule has 3 aromatic carbocycles. The lowest BCUT2D eigenvalue weighted by molar-refractivity contribution is -0.140. The first-order valence-electron chi connectivity index (χ1n) is 12.2. The molecular formula is C31H27NO6. The average molecular weight is 510 g/mol. The number of hydrogen-bond acceptors (Lipinski definition) is 6. The third kappa shape index (κ3) is 5.04. The van der Waals surface area contributed by atoms with Crippen LogP contribution in [0.1, 0.15) is 34.1 Å². The van der Waals surface area contributed by atoms with Gasteiger partial charge in [-0.05, 0) is 66.6 Å². The maximum atomic E-state index is 13.3. The summed E-state index contributed by atoms with van der Waals surface area (Å²) in [5, 5.41) is 11.3. The fraction of sp³-hybridized carbons (Fsp3) is 0.161. The first kappa shape index (κ1) is 24.9. The molecule has 7 nitrogen and oxygen atoms in total. The number of ketones is 1. The molecule has 38 heavy (non-hydrogen) atoms. The summed E-state index contributed by atoms with van der Waals surface area (Å²) in [5.74, 6) is -0.0272. The van der Waals surface area contributed by atoms with Gasteiger partial charge in [-0.15, -0.1) is 0 Å². The van der Waals surface area contributed by atoms with E-state index >= 15 is 0 Å². The lowest BCUT2D eigenvalue weighted by atomic mass is 9.95. The van der Waals surface area contributed by atoms with Gasteiger partial charge >= 0.3 is 0 Å². The maximum absolute atomic E-state index is 13.3. The molecule has 4 aromatic rings. The summed E-state index contributed by atoms with van der Waals surface area (Å²) in [6.07, 6.45) is 1.51. The molecule has 1 amide bonds. The smallest absolute Gasteiger partial charge is 0.296 e. The third-order valence-corrected chi connectivity index (χ3v) is 6.47. The van der Waals surface area contributed by atoms with Crippen molar-refractivity contribution >= 4 is 17.4 Å². The fourth-order valence-electron chi connectivity index (χ4n) is 4.60. The Morgan fingerprint density at radius 2 is 1.74 bits per heavy atom. The Bertz CT molecular complexity index is 1490. The molecule has 1 N–H and O–H groups in total. The van der Waals surface area contributed by atoms with E-state index in [1.807, 2.05) is 25.1 Å². The molecule has 192 valence electrons. The molecule has 0 radical (unpaired) electrons. The van der Waals surface area contributed by atoms with Gasteiger partial charge in [-0.1, -0.05) is 42.0 Å². The number of carbonyl (C=O) groups is 2. The topological polar surface area (TPSA) is 89.2 Å². The van der Waals surface area contributed by atoms with Crippen molar-refractivity contribution in [1.29, 1.82) is 0 Å². The van der Waals surface area contributed by atoms with Crippen LogP contribution in [0.2, 0.25) is 0 Å². The quantitative estimate of drug-likeness (QED) is 0.184. The molecule has 1 aromatic heterocycles. The Kier molecular flexibility index (Phi) is 7.00. The Hall–Kier alpha value is -4.78. The van der Waals surface area contributed by atoms with Crippen molar-refractivity contribution in [3.8, 4) is 11.5 Å². The summed E-state index contributed by atoms with van der Waals surface area (Å²) in [7, 11) is 1.54. The van der Waals surface area contributed by atoms with Gasteiger partial charge in [0.25, 0.3) is 11.7 Å². The number of ether oxygens (including phenoxy) is 2. The lowest BCUT2D eigenvalue weighted by Gasteiger charge is -2.24. The molecule has 0 aliphatic carbocycles. The molecule has 1 atom stereocenters. The van der Waals surface area contributed by atoms with Crippen LogP contribution < -0.4 is 9.47 Å². The number of likely N-dealkylation sites (tertiary alicyclic amines) is 1. The van der Waals surface area contributed by atoms with Crippen molar-refractivity contribution in [2.45, 2.75) is 26.1 Å². The molecule has 2 heterocycles. The summed E-state index contributed by atoms with van der Waals surface area (Å²) in [5.41, 5.74) is 3.24. The number of aliphatic hydroxyl groups is 1. The number of carbonyl (C=O) groups excluding carboxylic acids is 2. The summed E-state index contributed by atoms with van der Waals surface area (Å²) in [4.78, 5) is 27.8. The van der Waals surface area contributed by atoms with Crippen LogP contribution in [-0.2, 0) is 22.7 Å². The van der Waals surface area contributed by atoms with Crippen molar-refractivity contribution in [3.05, 3.63) is 125 Å². The number of nitrogens with zero attached hydrogens (tertiary/aromatic N) is 1. The molecule has 1 saturated heterocycles. The van der Waals surface area contributed by atoms with Crippen LogP contribution in [0.5, 0.6) is 11.5 Å². The van der Waals surface area contributed by atoms with E-state index in [0.29, 0.717) is 35.0 Å². The van der Waals surface area contributed by atoms with Crippen molar-refractivity contribution in [1.82, 2.24) is 4.90 Å². The van der Waals surface area contributed by atoms with Gasteiger partial charge in [0.2, 0.25) is 0 Å². The van der Waals surface area contributed by atoms with Gasteiger partial charge in [0.05, 0.1) is 31.5 Å². The molecule has 1 fully saturated rings. The number of hydrogen-bond donors (Lipinski definition) is 1. The number of rotatable bonds is 8. The zero-order valence-electron chi connectivity index (χ0n) is 21.1. The van der Waals surface area contributed by atoms with E-state index < -0.39 is 17.7 Å². The first-order valence-corrected chi connectivity index (χ1v) is 12.2. The van der Waals surface area contributed by atoms with Crippen LogP contribution in [0.15, 0.2) is 101 Å². The van der Waals surface area contributed by atoms with Crippen molar-refractivity contribution in [3.63, 3.8) is 0 Å². The Morgan fingerprint density at radius 1 is 0.947 bits per heavy atom. The van der Waals surface area contributed by atoms with Crippen molar-refractivity contribution in [2.75, 3.05) is 7.11 Å². The van der Waals surface area contributed by atoms with Crippen LogP contribution >= 0.6 is 0 Å². The predicted octanol–water partition coefficient (Wildman–Crippen LogP) is 5.80. The van der Waals surface area contributed by atoms with Crippen LogP contribution in [0.3, 0.4) is 0 Å². The highest BCUT2D eigenvalue weighted by molar-refractivity contribution is 6.46. The molecule has 0 saturated carbocycles. The first-order chi connectivity index (χ1) is 18.4. The maximum Gasteiger partial charge on any atom is 0.296 e. The van der Waals surface area contributed by atoms with Crippen LogP contribution in [0, 0.1) is 6.92 Å². The SMILES string of the molecule is COc1cccc(C2/C(=C(/O)c3ccc(OCc4cccc(C)c4)cc3)C(=O)C(=O)N2Cc2ccco2)c1. The minimum atomic E-state index is -0.826. The van der Waals surface area contributed by atoms with Gasteiger partial charge < -0.3 is 23.9 Å². The van der Waals surface area contributed by atoms with Crippen LogP contribution in [0.25, 0.3) is 5.76 Å². The minimum absolute atomic E-state index is 0.00300. The number of furan rings is 1. The molecular weight excluding hydrogens is 482 g/mol. The van der Waals surface area contributed by atoms with Crippen molar-refractivity contribution in [2.24, 2.45) is 0 Å². The Labute approximate surface area is 220 Å². The van der Waals surface area contributed by atoms with E-state index in [9.17, 15) is 14.7 Å². The van der Waals surface area contributed by atoms with Gasteiger partial charge in [0, 0.05) is 5.56 Å². The predicted molar refractivity (Wildman–Crippen MR) is 142 cm³/mol. The third-order valence-electron chi connectivity index (χ3n) is 6.47. The highest BCUT2D eigenvalue weighted by Gasteiger charge is 2.46. The number of aliphatic hydroxyl groups excluding tert-OH is 1. The normalized spacial score (nSPS) is 16.6. The highest BCUT2D eigenvalue weighted by Crippen LogP contribution is 2.41. The van der Waals surface area contributed by atoms with Crippen molar-refractivity contribution < 1.29 is 28.6 Å². The summed E-state index contributed by atoms with van der Waals surface area (Å²) in [6, 6.07) is 24.6.